The smallest absolute Gasteiger partial charge is 0.277 e. The average molecular weight is 297 g/mol. The lowest BCUT2D eigenvalue weighted by Gasteiger charge is -2.14. The Labute approximate surface area is 120 Å². The lowest BCUT2D eigenvalue weighted by Crippen LogP contribution is -2.41. The SMILES string of the molecule is Cc1cc(C)n2nc(C)c(C(=O)NCC(F)(F)CN)c2n1. The highest BCUT2D eigenvalue weighted by atomic mass is 19.3. The molecule has 0 aliphatic heterocycles. The summed E-state index contributed by atoms with van der Waals surface area (Å²) >= 11 is 0. The number of hydrogen-bond donors (Lipinski definition) is 2. The van der Waals surface area contributed by atoms with Crippen molar-refractivity contribution in [3.8, 4) is 0 Å². The predicted octanol–water partition coefficient (Wildman–Crippen LogP) is 0.978. The summed E-state index contributed by atoms with van der Waals surface area (Å²) in [5, 5.41) is 6.41. The van der Waals surface area contributed by atoms with Gasteiger partial charge in [-0.1, -0.05) is 0 Å². The molecule has 2 aromatic heterocycles. The van der Waals surface area contributed by atoms with Crippen LogP contribution in [0.4, 0.5) is 8.78 Å². The van der Waals surface area contributed by atoms with Crippen LogP contribution in [0.1, 0.15) is 27.4 Å². The van der Waals surface area contributed by atoms with E-state index >= 15 is 0 Å². The van der Waals surface area contributed by atoms with Crippen molar-refractivity contribution in [3.05, 3.63) is 28.7 Å². The zero-order valence-corrected chi connectivity index (χ0v) is 12.1. The molecule has 0 unspecified atom stereocenters. The van der Waals surface area contributed by atoms with Crippen LogP contribution in [-0.4, -0.2) is 39.5 Å². The van der Waals surface area contributed by atoms with E-state index in [1.807, 2.05) is 13.0 Å². The normalized spacial score (nSPS) is 11.9. The lowest BCUT2D eigenvalue weighted by molar-refractivity contribution is 0.0119. The van der Waals surface area contributed by atoms with Crippen molar-refractivity contribution in [2.24, 2.45) is 5.73 Å². The molecular formula is C13H17F2N5O. The van der Waals surface area contributed by atoms with Crippen LogP contribution in [-0.2, 0) is 0 Å². The Kier molecular flexibility index (Phi) is 3.91. The van der Waals surface area contributed by atoms with Gasteiger partial charge in [0.05, 0.1) is 18.8 Å². The first-order chi connectivity index (χ1) is 9.75. The van der Waals surface area contributed by atoms with Crippen LogP contribution in [0, 0.1) is 20.8 Å². The van der Waals surface area contributed by atoms with Gasteiger partial charge in [-0.15, -0.1) is 0 Å². The molecule has 6 nitrogen and oxygen atoms in total. The zero-order valence-electron chi connectivity index (χ0n) is 12.1. The molecule has 0 spiro atoms. The molecule has 1 amide bonds. The van der Waals surface area contributed by atoms with Crippen molar-refractivity contribution in [2.75, 3.05) is 13.1 Å². The second-order valence-electron chi connectivity index (χ2n) is 4.98. The summed E-state index contributed by atoms with van der Waals surface area (Å²) in [6.45, 7) is 3.62. The highest BCUT2D eigenvalue weighted by Crippen LogP contribution is 2.17. The summed E-state index contributed by atoms with van der Waals surface area (Å²) in [6.07, 6.45) is 0. The van der Waals surface area contributed by atoms with Crippen LogP contribution in [0.25, 0.3) is 5.65 Å². The van der Waals surface area contributed by atoms with E-state index < -0.39 is 24.9 Å². The van der Waals surface area contributed by atoms with Crippen LogP contribution in [0.3, 0.4) is 0 Å². The highest BCUT2D eigenvalue weighted by Gasteiger charge is 2.29. The number of halogens is 2. The number of aromatic nitrogens is 3. The third-order valence-corrected chi connectivity index (χ3v) is 3.10. The summed E-state index contributed by atoms with van der Waals surface area (Å²) in [5.41, 5.74) is 7.47. The second kappa shape index (κ2) is 5.36. The zero-order chi connectivity index (χ0) is 15.8. The largest absolute Gasteiger partial charge is 0.346 e. The standard InChI is InChI=1S/C13H17F2N5O/c1-7-4-8(2)20-11(18-7)10(9(3)19-20)12(21)17-6-13(14,15)5-16/h4H,5-6,16H2,1-3H3,(H,17,21). The summed E-state index contributed by atoms with van der Waals surface area (Å²) < 4.78 is 27.8. The molecule has 0 saturated heterocycles. The van der Waals surface area contributed by atoms with Gasteiger partial charge in [0.1, 0.15) is 5.56 Å². The molecule has 114 valence electrons. The first-order valence-electron chi connectivity index (χ1n) is 6.45. The van der Waals surface area contributed by atoms with Crippen molar-refractivity contribution < 1.29 is 13.6 Å². The molecule has 0 atom stereocenters. The first-order valence-corrected chi connectivity index (χ1v) is 6.45. The summed E-state index contributed by atoms with van der Waals surface area (Å²) in [4.78, 5) is 16.4. The topological polar surface area (TPSA) is 85.3 Å². The highest BCUT2D eigenvalue weighted by molar-refractivity contribution is 6.01. The maximum atomic E-state index is 13.1. The average Bonchev–Trinajstić information content (AvgIpc) is 2.73. The molecule has 0 fully saturated rings. The van der Waals surface area contributed by atoms with Gasteiger partial charge in [0, 0.05) is 11.4 Å². The summed E-state index contributed by atoms with van der Waals surface area (Å²) in [6, 6.07) is 1.82. The Balaban J connectivity index is 2.38. The monoisotopic (exact) mass is 297 g/mol. The Bertz CT molecular complexity index is 695. The molecule has 0 saturated carbocycles. The summed E-state index contributed by atoms with van der Waals surface area (Å²) in [7, 11) is 0. The Hall–Kier alpha value is -2.09. The number of rotatable bonds is 4. The van der Waals surface area contributed by atoms with E-state index in [9.17, 15) is 13.6 Å². The van der Waals surface area contributed by atoms with E-state index in [1.54, 1.807) is 13.8 Å². The molecule has 8 heteroatoms. The van der Waals surface area contributed by atoms with Gasteiger partial charge in [-0.3, -0.25) is 4.79 Å². The molecule has 21 heavy (non-hydrogen) atoms. The quantitative estimate of drug-likeness (QED) is 0.881. The fourth-order valence-corrected chi connectivity index (χ4v) is 2.06. The fraction of sp³-hybridized carbons (Fsp3) is 0.462. The van der Waals surface area contributed by atoms with E-state index in [4.69, 9.17) is 5.73 Å². The van der Waals surface area contributed by atoms with E-state index in [2.05, 4.69) is 15.4 Å². The van der Waals surface area contributed by atoms with Gasteiger partial charge >= 0.3 is 0 Å². The van der Waals surface area contributed by atoms with Gasteiger partial charge < -0.3 is 11.1 Å². The minimum Gasteiger partial charge on any atom is -0.346 e. The Morgan fingerprint density at radius 3 is 2.71 bits per heavy atom. The van der Waals surface area contributed by atoms with Crippen LogP contribution in [0.2, 0.25) is 0 Å². The molecule has 2 aromatic rings. The maximum absolute atomic E-state index is 13.1. The molecule has 0 radical (unpaired) electrons. The number of alkyl halides is 2. The van der Waals surface area contributed by atoms with Gasteiger partial charge in [0.2, 0.25) is 0 Å². The molecule has 0 aliphatic carbocycles. The number of hydrogen-bond acceptors (Lipinski definition) is 4. The van der Waals surface area contributed by atoms with E-state index in [0.29, 0.717) is 11.3 Å². The molecular weight excluding hydrogens is 280 g/mol. The van der Waals surface area contributed by atoms with Crippen molar-refractivity contribution >= 4 is 11.6 Å². The van der Waals surface area contributed by atoms with Crippen molar-refractivity contribution in [1.82, 2.24) is 19.9 Å². The number of carbonyl (C=O) groups excluding carboxylic acids is 1. The predicted molar refractivity (Wildman–Crippen MR) is 73.5 cm³/mol. The molecule has 0 aliphatic rings. The molecule has 2 rings (SSSR count). The van der Waals surface area contributed by atoms with E-state index in [0.717, 1.165) is 11.4 Å². The van der Waals surface area contributed by atoms with E-state index in [-0.39, 0.29) is 5.56 Å². The molecule has 0 aromatic carbocycles. The minimum atomic E-state index is -3.13. The number of aryl methyl sites for hydroxylation is 3. The number of nitrogens with zero attached hydrogens (tertiary/aromatic N) is 3. The second-order valence-corrected chi connectivity index (χ2v) is 4.98. The number of carbonyl (C=O) groups is 1. The van der Waals surface area contributed by atoms with E-state index in [1.165, 1.54) is 4.52 Å². The third kappa shape index (κ3) is 2.99. The molecule has 2 heterocycles. The van der Waals surface area contributed by atoms with Crippen molar-refractivity contribution in [3.63, 3.8) is 0 Å². The molecule has 0 bridgehead atoms. The number of fused-ring (bicyclic) bond motifs is 1. The molecule has 3 N–H and O–H groups in total. The van der Waals surface area contributed by atoms with Crippen LogP contribution >= 0.6 is 0 Å². The first kappa shape index (κ1) is 15.3. The third-order valence-electron chi connectivity index (χ3n) is 3.10. The fourth-order valence-electron chi connectivity index (χ4n) is 2.06. The lowest BCUT2D eigenvalue weighted by atomic mass is 10.2. The number of amides is 1. The van der Waals surface area contributed by atoms with Crippen LogP contribution in [0.15, 0.2) is 6.07 Å². The number of nitrogens with one attached hydrogen (secondary N) is 1. The minimum absolute atomic E-state index is 0.203. The van der Waals surface area contributed by atoms with Gasteiger partial charge in [-0.25, -0.2) is 18.3 Å². The van der Waals surface area contributed by atoms with Gasteiger partial charge in [0.25, 0.3) is 11.8 Å². The van der Waals surface area contributed by atoms with Gasteiger partial charge in [-0.05, 0) is 26.8 Å². The Morgan fingerprint density at radius 2 is 2.10 bits per heavy atom. The number of nitrogens with two attached hydrogens (primary N) is 1. The van der Waals surface area contributed by atoms with Crippen LogP contribution < -0.4 is 11.1 Å². The van der Waals surface area contributed by atoms with Gasteiger partial charge in [0.15, 0.2) is 5.65 Å². The maximum Gasteiger partial charge on any atom is 0.277 e. The Morgan fingerprint density at radius 1 is 1.43 bits per heavy atom. The van der Waals surface area contributed by atoms with Crippen LogP contribution in [0.5, 0.6) is 0 Å². The summed E-state index contributed by atoms with van der Waals surface area (Å²) in [5.74, 6) is -3.76. The van der Waals surface area contributed by atoms with Gasteiger partial charge in [-0.2, -0.15) is 5.10 Å². The van der Waals surface area contributed by atoms with Crippen molar-refractivity contribution in [1.29, 1.82) is 0 Å². The van der Waals surface area contributed by atoms with Crippen molar-refractivity contribution in [2.45, 2.75) is 26.7 Å².